The van der Waals surface area contributed by atoms with Crippen LogP contribution in [0.1, 0.15) is 17.0 Å². The Hall–Kier alpha value is -4.42. The summed E-state index contributed by atoms with van der Waals surface area (Å²) in [6.07, 6.45) is 1.57. The number of anilines is 2. The quantitative estimate of drug-likeness (QED) is 0.245. The van der Waals surface area contributed by atoms with Crippen molar-refractivity contribution in [3.63, 3.8) is 0 Å². The van der Waals surface area contributed by atoms with Crippen molar-refractivity contribution in [3.05, 3.63) is 119 Å². The fraction of sp³-hybridized carbons (Fsp3) is 0.0690. The second-order valence-electron chi connectivity index (χ2n) is 8.43. The molecule has 0 unspecified atom stereocenters. The average molecular weight is 496 g/mol. The van der Waals surface area contributed by atoms with E-state index >= 15 is 0 Å². The number of carbonyl (C=O) groups excluding carboxylic acids is 3. The fourth-order valence-corrected chi connectivity index (χ4v) is 4.54. The second kappa shape index (κ2) is 9.32. The number of para-hydroxylation sites is 2. The Morgan fingerprint density at radius 3 is 1.67 bits per heavy atom. The summed E-state index contributed by atoms with van der Waals surface area (Å²) in [4.78, 5) is 42.7. The third-order valence-corrected chi connectivity index (χ3v) is 6.39. The van der Waals surface area contributed by atoms with Crippen molar-refractivity contribution in [2.24, 2.45) is 0 Å². The smallest absolute Gasteiger partial charge is 0.318 e. The summed E-state index contributed by atoms with van der Waals surface area (Å²) in [5.74, 6) is -1.33. The maximum Gasteiger partial charge on any atom is 0.343 e. The molecule has 0 saturated carbocycles. The molecule has 0 atom stereocenters. The summed E-state index contributed by atoms with van der Waals surface area (Å²) < 4.78 is 2.02. The van der Waals surface area contributed by atoms with Crippen molar-refractivity contribution in [2.75, 3.05) is 9.80 Å². The Kier molecular flexibility index (Phi) is 6.04. The first kappa shape index (κ1) is 23.3. The van der Waals surface area contributed by atoms with E-state index in [1.54, 1.807) is 66.7 Å². The molecule has 6 nitrogen and oxygen atoms in total. The maximum atomic E-state index is 13.6. The predicted octanol–water partition coefficient (Wildman–Crippen LogP) is 6.33. The lowest BCUT2D eigenvalue weighted by Gasteiger charge is -2.33. The van der Waals surface area contributed by atoms with E-state index in [0.29, 0.717) is 22.0 Å². The Morgan fingerprint density at radius 2 is 1.17 bits per heavy atom. The molecule has 36 heavy (non-hydrogen) atoms. The molecule has 0 radical (unpaired) electrons. The predicted molar refractivity (Wildman–Crippen MR) is 141 cm³/mol. The van der Waals surface area contributed by atoms with Gasteiger partial charge in [0.1, 0.15) is 5.57 Å². The normalized spacial score (nSPS) is 14.0. The lowest BCUT2D eigenvalue weighted by molar-refractivity contribution is -0.121. The van der Waals surface area contributed by atoms with Crippen LogP contribution in [0.2, 0.25) is 5.02 Å². The van der Waals surface area contributed by atoms with Gasteiger partial charge in [0.25, 0.3) is 11.8 Å². The number of nitrogens with zero attached hydrogens (tertiary/aromatic N) is 3. The van der Waals surface area contributed by atoms with Crippen LogP contribution in [0.25, 0.3) is 11.8 Å². The fourth-order valence-electron chi connectivity index (χ4n) is 4.42. The zero-order valence-electron chi connectivity index (χ0n) is 19.7. The zero-order chi connectivity index (χ0) is 25.4. The summed E-state index contributed by atoms with van der Waals surface area (Å²) in [6, 6.07) is 25.8. The van der Waals surface area contributed by atoms with E-state index in [2.05, 4.69) is 0 Å². The molecule has 178 valence electrons. The number of barbiturate groups is 1. The molecule has 1 aliphatic heterocycles. The first-order chi connectivity index (χ1) is 17.4. The van der Waals surface area contributed by atoms with Crippen molar-refractivity contribution in [2.45, 2.75) is 13.8 Å². The summed E-state index contributed by atoms with van der Waals surface area (Å²) in [6.45, 7) is 3.87. The van der Waals surface area contributed by atoms with Crippen molar-refractivity contribution in [1.29, 1.82) is 0 Å². The molecule has 0 N–H and O–H groups in total. The number of hydrogen-bond acceptors (Lipinski definition) is 3. The maximum absolute atomic E-state index is 13.6. The molecular weight excluding hydrogens is 474 g/mol. The number of aryl methyl sites for hydroxylation is 1. The van der Waals surface area contributed by atoms with Crippen LogP contribution in [0.4, 0.5) is 16.2 Å². The van der Waals surface area contributed by atoms with Gasteiger partial charge in [-0.3, -0.25) is 9.59 Å². The lowest BCUT2D eigenvalue weighted by Crippen LogP contribution is -2.57. The topological polar surface area (TPSA) is 62.6 Å². The third-order valence-electron chi connectivity index (χ3n) is 6.13. The first-order valence-corrected chi connectivity index (χ1v) is 11.7. The molecule has 0 aliphatic carbocycles. The van der Waals surface area contributed by atoms with Crippen LogP contribution in [0.5, 0.6) is 0 Å². The van der Waals surface area contributed by atoms with E-state index in [4.69, 9.17) is 11.6 Å². The number of carbonyl (C=O) groups is 3. The lowest BCUT2D eigenvalue weighted by atomic mass is 10.0. The average Bonchev–Trinajstić information content (AvgIpc) is 3.16. The highest BCUT2D eigenvalue weighted by atomic mass is 35.5. The van der Waals surface area contributed by atoms with E-state index < -0.39 is 17.8 Å². The molecule has 1 fully saturated rings. The van der Waals surface area contributed by atoms with Gasteiger partial charge in [-0.15, -0.1) is 0 Å². The minimum atomic E-state index is -0.716. The highest BCUT2D eigenvalue weighted by molar-refractivity contribution is 6.46. The zero-order valence-corrected chi connectivity index (χ0v) is 20.4. The van der Waals surface area contributed by atoms with E-state index in [1.165, 1.54) is 0 Å². The molecule has 1 aromatic heterocycles. The number of rotatable bonds is 4. The summed E-state index contributed by atoms with van der Waals surface area (Å²) in [7, 11) is 0. The number of halogens is 1. The number of hydrogen-bond donors (Lipinski definition) is 0. The molecule has 2 heterocycles. The van der Waals surface area contributed by atoms with Crippen LogP contribution in [0.3, 0.4) is 0 Å². The van der Waals surface area contributed by atoms with E-state index in [0.717, 1.165) is 26.9 Å². The largest absolute Gasteiger partial charge is 0.343 e. The van der Waals surface area contributed by atoms with Crippen molar-refractivity contribution in [3.8, 4) is 5.69 Å². The molecule has 1 aliphatic rings. The highest BCUT2D eigenvalue weighted by Crippen LogP contribution is 2.31. The molecule has 4 aromatic rings. The van der Waals surface area contributed by atoms with Gasteiger partial charge in [-0.2, -0.15) is 0 Å². The van der Waals surface area contributed by atoms with E-state index in [9.17, 15) is 14.4 Å². The first-order valence-electron chi connectivity index (χ1n) is 11.4. The van der Waals surface area contributed by atoms with Gasteiger partial charge in [0, 0.05) is 22.1 Å². The van der Waals surface area contributed by atoms with Gasteiger partial charge in [0.2, 0.25) is 0 Å². The van der Waals surface area contributed by atoms with Gasteiger partial charge in [-0.05, 0) is 80.1 Å². The number of aromatic nitrogens is 1. The van der Waals surface area contributed by atoms with Crippen LogP contribution in [-0.2, 0) is 9.59 Å². The monoisotopic (exact) mass is 495 g/mol. The Balaban J connectivity index is 1.65. The van der Waals surface area contributed by atoms with Gasteiger partial charge in [0.05, 0.1) is 11.4 Å². The van der Waals surface area contributed by atoms with Gasteiger partial charge >= 0.3 is 6.03 Å². The van der Waals surface area contributed by atoms with Gasteiger partial charge < -0.3 is 4.57 Å². The Bertz CT molecular complexity index is 1440. The molecule has 1 saturated heterocycles. The summed E-state index contributed by atoms with van der Waals surface area (Å²) in [5.41, 5.74) is 4.06. The van der Waals surface area contributed by atoms with Gasteiger partial charge in [-0.25, -0.2) is 14.6 Å². The van der Waals surface area contributed by atoms with Gasteiger partial charge in [0.15, 0.2) is 0 Å². The molecular formula is C29H22ClN3O3. The number of amides is 4. The summed E-state index contributed by atoms with van der Waals surface area (Å²) >= 11 is 6.05. The van der Waals surface area contributed by atoms with E-state index in [1.807, 2.05) is 48.7 Å². The molecule has 4 amide bonds. The van der Waals surface area contributed by atoms with E-state index in [-0.39, 0.29) is 5.57 Å². The molecule has 5 rings (SSSR count). The Labute approximate surface area is 213 Å². The molecule has 0 spiro atoms. The van der Waals surface area contributed by atoms with Crippen LogP contribution in [0.15, 0.2) is 96.6 Å². The number of benzene rings is 3. The number of imide groups is 2. The Morgan fingerprint density at radius 1 is 0.667 bits per heavy atom. The van der Waals surface area contributed by atoms with Crippen molar-refractivity contribution < 1.29 is 14.4 Å². The van der Waals surface area contributed by atoms with Crippen LogP contribution in [0, 0.1) is 13.8 Å². The molecule has 3 aromatic carbocycles. The van der Waals surface area contributed by atoms with Crippen molar-refractivity contribution >= 4 is 46.9 Å². The minimum Gasteiger partial charge on any atom is -0.318 e. The van der Waals surface area contributed by atoms with Gasteiger partial charge in [-0.1, -0.05) is 48.0 Å². The number of urea groups is 1. The summed E-state index contributed by atoms with van der Waals surface area (Å²) in [5, 5.41) is 0.633. The van der Waals surface area contributed by atoms with Crippen molar-refractivity contribution in [1.82, 2.24) is 4.57 Å². The second-order valence-corrected chi connectivity index (χ2v) is 8.87. The SMILES string of the molecule is Cc1cc(C=C2C(=O)N(c3ccccc3)C(=O)N(c3ccccc3)C2=O)c(C)n1-c1ccc(Cl)cc1. The standard InChI is InChI=1S/C29H22ClN3O3/c1-19-17-21(20(2)31(19)25-15-13-22(30)14-16-25)18-26-27(34)32(23-9-5-3-6-10-23)29(36)33(28(26)35)24-11-7-4-8-12-24/h3-18H,1-2H3. The third kappa shape index (κ3) is 4.01. The molecule has 0 bridgehead atoms. The molecule has 7 heteroatoms. The van der Waals surface area contributed by atoms with Crippen LogP contribution in [-0.4, -0.2) is 22.4 Å². The van der Waals surface area contributed by atoms with Crippen LogP contribution >= 0.6 is 11.6 Å². The minimum absolute atomic E-state index is 0.0985. The van der Waals surface area contributed by atoms with Crippen LogP contribution < -0.4 is 9.80 Å². The highest BCUT2D eigenvalue weighted by Gasteiger charge is 2.43.